The normalized spacial score (nSPS) is 11.3. The van der Waals surface area contributed by atoms with Gasteiger partial charge < -0.3 is 39.8 Å². The van der Waals surface area contributed by atoms with Crippen molar-refractivity contribution in [2.75, 3.05) is 82.7 Å². The highest BCUT2D eigenvalue weighted by molar-refractivity contribution is 6.06. The largest absolute Gasteiger partial charge is 0.416 e. The van der Waals surface area contributed by atoms with Crippen molar-refractivity contribution in [2.45, 2.75) is 52.8 Å². The number of amides is 3. The Morgan fingerprint density at radius 3 is 1.88 bits per heavy atom. The van der Waals surface area contributed by atoms with Gasteiger partial charge in [0.15, 0.2) is 0 Å². The zero-order chi connectivity index (χ0) is 47.2. The molecular formula is C51H60F3N5O7. The molecule has 0 saturated carbocycles. The number of carbonyl (C=O) groups excluding carboxylic acids is 3. The second kappa shape index (κ2) is 26.7. The Balaban J connectivity index is 1.02. The zero-order valence-electron chi connectivity index (χ0n) is 37.9. The molecule has 4 aromatic carbocycles. The van der Waals surface area contributed by atoms with E-state index in [2.05, 4.69) is 32.8 Å². The van der Waals surface area contributed by atoms with Crippen LogP contribution in [0.1, 0.15) is 80.5 Å². The second-order valence-electron chi connectivity index (χ2n) is 15.2. The van der Waals surface area contributed by atoms with E-state index in [0.29, 0.717) is 99.5 Å². The summed E-state index contributed by atoms with van der Waals surface area (Å²) in [5, 5.41) is 8.61. The number of nitrogens with one attached hydrogen (secondary N) is 3. The summed E-state index contributed by atoms with van der Waals surface area (Å²) in [4.78, 5) is 45.9. The third-order valence-electron chi connectivity index (χ3n) is 10.6. The van der Waals surface area contributed by atoms with Gasteiger partial charge in [-0.05, 0) is 117 Å². The van der Waals surface area contributed by atoms with Gasteiger partial charge in [-0.15, -0.1) is 0 Å². The molecule has 0 spiro atoms. The molecule has 5 rings (SSSR count). The highest BCUT2D eigenvalue weighted by atomic mass is 19.4. The molecule has 0 radical (unpaired) electrons. The number of rotatable bonds is 27. The van der Waals surface area contributed by atoms with E-state index in [4.69, 9.17) is 18.9 Å². The lowest BCUT2D eigenvalue weighted by Gasteiger charge is -2.23. The molecule has 3 amide bonds. The van der Waals surface area contributed by atoms with E-state index in [-0.39, 0.29) is 23.9 Å². The fourth-order valence-electron chi connectivity index (χ4n) is 6.97. The van der Waals surface area contributed by atoms with Gasteiger partial charge >= 0.3 is 6.18 Å². The Bertz CT molecular complexity index is 2320. The van der Waals surface area contributed by atoms with Crippen LogP contribution in [0, 0.1) is 0 Å². The lowest BCUT2D eigenvalue weighted by molar-refractivity contribution is -0.137. The third kappa shape index (κ3) is 16.4. The van der Waals surface area contributed by atoms with E-state index in [0.717, 1.165) is 54.9 Å². The van der Waals surface area contributed by atoms with Crippen LogP contribution in [-0.2, 0) is 44.5 Å². The first kappa shape index (κ1) is 50.9. The molecule has 0 saturated heterocycles. The first-order valence-electron chi connectivity index (χ1n) is 22.4. The van der Waals surface area contributed by atoms with Crippen LogP contribution >= 0.6 is 0 Å². The average molecular weight is 912 g/mol. The van der Waals surface area contributed by atoms with Crippen LogP contribution in [0.2, 0.25) is 0 Å². The van der Waals surface area contributed by atoms with Crippen LogP contribution in [-0.4, -0.2) is 95.2 Å². The number of nitrogens with zero attached hydrogens (tertiary/aromatic N) is 2. The van der Waals surface area contributed by atoms with Gasteiger partial charge in [0.2, 0.25) is 0 Å². The average Bonchev–Trinajstić information content (AvgIpc) is 3.33. The van der Waals surface area contributed by atoms with Gasteiger partial charge in [-0.1, -0.05) is 43.3 Å². The second-order valence-corrected chi connectivity index (χ2v) is 15.2. The number of hydrogen-bond acceptors (Lipinski definition) is 9. The third-order valence-corrected chi connectivity index (χ3v) is 10.6. The maximum atomic E-state index is 13.7. The minimum atomic E-state index is -4.49. The molecule has 0 unspecified atom stereocenters. The fraction of sp³-hybridized carbons (Fsp3) is 0.373. The van der Waals surface area contributed by atoms with E-state index in [1.54, 1.807) is 18.2 Å². The molecular weight excluding hydrogens is 852 g/mol. The summed E-state index contributed by atoms with van der Waals surface area (Å²) in [6.07, 6.45) is -0.680. The molecule has 12 nitrogen and oxygen atoms in total. The number of aromatic nitrogens is 1. The van der Waals surface area contributed by atoms with Gasteiger partial charge in [0, 0.05) is 66.9 Å². The highest BCUT2D eigenvalue weighted by Gasteiger charge is 2.30. The number of carbonyl (C=O) groups is 3. The smallest absolute Gasteiger partial charge is 0.379 e. The summed E-state index contributed by atoms with van der Waals surface area (Å²) in [6.45, 7) is 11.5. The molecule has 15 heteroatoms. The Kier molecular flexibility index (Phi) is 20.6. The Hall–Kier alpha value is -6.13. The summed E-state index contributed by atoms with van der Waals surface area (Å²) in [6, 6.07) is 28.6. The number of ether oxygens (including phenoxy) is 4. The van der Waals surface area contributed by atoms with Crippen molar-refractivity contribution >= 4 is 29.1 Å². The SMILES string of the molecule is CCc1cccc(C(=O)NCCOCCOCCOCCOCCCc2cccc(C(=O)Nc3ccc(N(CC)CC)cc3-c3cc(C(=O)NCc4cccc(C(F)(F)F)c4)ccn3)c2)c1. The summed E-state index contributed by atoms with van der Waals surface area (Å²) in [5.74, 6) is -0.913. The number of benzene rings is 4. The maximum Gasteiger partial charge on any atom is 0.416 e. The van der Waals surface area contributed by atoms with Gasteiger partial charge in [0.25, 0.3) is 17.7 Å². The van der Waals surface area contributed by atoms with E-state index in [9.17, 15) is 27.6 Å². The number of halogens is 3. The van der Waals surface area contributed by atoms with E-state index in [1.807, 2.05) is 68.4 Å². The Morgan fingerprint density at radius 1 is 0.606 bits per heavy atom. The van der Waals surface area contributed by atoms with E-state index < -0.39 is 17.6 Å². The van der Waals surface area contributed by atoms with Gasteiger partial charge in [0.05, 0.1) is 63.2 Å². The molecule has 66 heavy (non-hydrogen) atoms. The van der Waals surface area contributed by atoms with Crippen molar-refractivity contribution in [3.63, 3.8) is 0 Å². The Labute approximate surface area is 385 Å². The van der Waals surface area contributed by atoms with Crippen molar-refractivity contribution in [1.29, 1.82) is 0 Å². The van der Waals surface area contributed by atoms with Crippen LogP contribution in [0.5, 0.6) is 0 Å². The molecule has 0 atom stereocenters. The molecule has 0 fully saturated rings. The molecule has 1 aromatic heterocycles. The van der Waals surface area contributed by atoms with Gasteiger partial charge in [-0.3, -0.25) is 19.4 Å². The number of anilines is 2. The van der Waals surface area contributed by atoms with Gasteiger partial charge in [0.1, 0.15) is 0 Å². The summed E-state index contributed by atoms with van der Waals surface area (Å²) in [5.41, 5.74) is 5.44. The minimum absolute atomic E-state index is 0.0996. The van der Waals surface area contributed by atoms with Crippen molar-refractivity contribution in [2.24, 2.45) is 0 Å². The van der Waals surface area contributed by atoms with Crippen LogP contribution < -0.4 is 20.9 Å². The number of pyridine rings is 1. The quantitative estimate of drug-likeness (QED) is 0.0441. The zero-order valence-corrected chi connectivity index (χ0v) is 37.9. The van der Waals surface area contributed by atoms with Crippen LogP contribution in [0.4, 0.5) is 24.5 Å². The van der Waals surface area contributed by atoms with Crippen molar-refractivity contribution in [1.82, 2.24) is 15.6 Å². The molecule has 0 bridgehead atoms. The minimum Gasteiger partial charge on any atom is -0.379 e. The molecule has 3 N–H and O–H groups in total. The van der Waals surface area contributed by atoms with Crippen LogP contribution in [0.3, 0.4) is 0 Å². The number of aryl methyl sites for hydroxylation is 2. The fourth-order valence-corrected chi connectivity index (χ4v) is 6.97. The van der Waals surface area contributed by atoms with Crippen LogP contribution in [0.15, 0.2) is 109 Å². The first-order valence-corrected chi connectivity index (χ1v) is 22.4. The Morgan fingerprint density at radius 2 is 1.20 bits per heavy atom. The molecule has 1 heterocycles. The molecule has 352 valence electrons. The van der Waals surface area contributed by atoms with E-state index >= 15 is 0 Å². The van der Waals surface area contributed by atoms with Crippen LogP contribution in [0.25, 0.3) is 11.3 Å². The summed E-state index contributed by atoms with van der Waals surface area (Å²) >= 11 is 0. The predicted octanol–water partition coefficient (Wildman–Crippen LogP) is 8.79. The van der Waals surface area contributed by atoms with E-state index in [1.165, 1.54) is 24.4 Å². The number of hydrogen-bond donors (Lipinski definition) is 3. The number of alkyl halides is 3. The molecule has 0 aliphatic rings. The van der Waals surface area contributed by atoms with Crippen molar-refractivity contribution in [3.8, 4) is 11.3 Å². The van der Waals surface area contributed by atoms with Gasteiger partial charge in [-0.25, -0.2) is 0 Å². The standard InChI is InChI=1S/C51H60F3N5O7/c1-4-37-11-7-15-40(31-37)48(60)56-22-24-64-26-28-66-30-29-65-27-25-63-23-10-14-38-12-8-16-41(32-38)50(62)58-46-19-18-44(59(5-2)6-3)35-45(46)47-34-42(20-21-55-47)49(61)57-36-39-13-9-17-43(33-39)51(52,53)54/h7-9,11-13,15-21,31-35H,4-6,10,14,22-30,36H2,1-3H3,(H,56,60)(H,57,61)(H,58,62). The lowest BCUT2D eigenvalue weighted by Crippen LogP contribution is -2.27. The maximum absolute atomic E-state index is 13.7. The monoisotopic (exact) mass is 911 g/mol. The highest BCUT2D eigenvalue weighted by Crippen LogP contribution is 2.33. The topological polar surface area (TPSA) is 140 Å². The molecule has 0 aliphatic heterocycles. The van der Waals surface area contributed by atoms with Crippen molar-refractivity contribution < 1.29 is 46.5 Å². The summed E-state index contributed by atoms with van der Waals surface area (Å²) in [7, 11) is 0. The molecule has 5 aromatic rings. The first-order chi connectivity index (χ1) is 32.0. The molecule has 0 aliphatic carbocycles. The lowest BCUT2D eigenvalue weighted by atomic mass is 10.0. The predicted molar refractivity (Wildman–Crippen MR) is 250 cm³/mol. The summed E-state index contributed by atoms with van der Waals surface area (Å²) < 4.78 is 62.2. The van der Waals surface area contributed by atoms with Gasteiger partial charge in [-0.2, -0.15) is 13.2 Å². The van der Waals surface area contributed by atoms with Crippen molar-refractivity contribution in [3.05, 3.63) is 148 Å².